The summed E-state index contributed by atoms with van der Waals surface area (Å²) in [6, 6.07) is 16.8. The van der Waals surface area contributed by atoms with Crippen LogP contribution in [0.2, 0.25) is 0 Å². The van der Waals surface area contributed by atoms with E-state index in [1.165, 1.54) is 29.4 Å². The number of amidine groups is 1. The number of hydrogen-bond donors (Lipinski definition) is 0. The third kappa shape index (κ3) is 3.25. The second-order valence-corrected chi connectivity index (χ2v) is 5.47. The summed E-state index contributed by atoms with van der Waals surface area (Å²) in [6.45, 7) is 3.52. The highest BCUT2D eigenvalue weighted by Gasteiger charge is 2.23. The lowest BCUT2D eigenvalue weighted by atomic mass is 9.97. The molecule has 5 nitrogen and oxygen atoms in total. The van der Waals surface area contributed by atoms with Gasteiger partial charge in [0, 0.05) is 13.1 Å². The van der Waals surface area contributed by atoms with E-state index in [2.05, 4.69) is 34.0 Å². The van der Waals surface area contributed by atoms with Crippen molar-refractivity contribution in [3.8, 4) is 11.1 Å². The lowest BCUT2D eigenvalue weighted by Crippen LogP contribution is -2.32. The van der Waals surface area contributed by atoms with Gasteiger partial charge in [0.2, 0.25) is 0 Å². The number of hydrogen-bond acceptors (Lipinski definition) is 3. The third-order valence-electron chi connectivity index (χ3n) is 3.95. The molecule has 0 unspecified atom stereocenters. The van der Waals surface area contributed by atoms with Crippen LogP contribution in [-0.4, -0.2) is 30.7 Å². The topological polar surface area (TPSA) is 51.1 Å². The molecule has 0 aromatic heterocycles. The quantitative estimate of drug-likeness (QED) is 0.591. The van der Waals surface area contributed by atoms with E-state index in [1.54, 1.807) is 0 Å². The van der Waals surface area contributed by atoms with Gasteiger partial charge in [-0.25, -0.2) is 4.79 Å². The number of carbonyl (C=O) groups is 1. The number of amides is 1. The Bertz CT molecular complexity index is 723. The minimum Gasteiger partial charge on any atom is -0.465 e. The summed E-state index contributed by atoms with van der Waals surface area (Å²) in [7, 11) is 1.31. The van der Waals surface area contributed by atoms with Gasteiger partial charge in [-0.05, 0) is 29.2 Å². The van der Waals surface area contributed by atoms with Gasteiger partial charge in [-0.1, -0.05) is 48.5 Å². The smallest absolute Gasteiger partial charge is 0.437 e. The molecular weight excluding hydrogens is 304 g/mol. The molecule has 1 amide bonds. The first-order chi connectivity index (χ1) is 11.7. The number of benzene rings is 2. The number of aliphatic imine (C=N–C) groups is 1. The second-order valence-electron chi connectivity index (χ2n) is 5.47. The molecule has 0 saturated carbocycles. The number of carbonyl (C=O) groups excluding carboxylic acids is 1. The van der Waals surface area contributed by atoms with Crippen LogP contribution in [0.15, 0.2) is 53.5 Å². The van der Waals surface area contributed by atoms with Crippen LogP contribution in [0.1, 0.15) is 18.1 Å². The Morgan fingerprint density at radius 3 is 2.08 bits per heavy atom. The number of ether oxygens (including phenoxy) is 2. The highest BCUT2D eigenvalue weighted by Crippen LogP contribution is 2.32. The minimum absolute atomic E-state index is 0.288. The Labute approximate surface area is 141 Å². The van der Waals surface area contributed by atoms with E-state index in [1.807, 2.05) is 36.1 Å². The van der Waals surface area contributed by atoms with Crippen LogP contribution in [0.4, 0.5) is 4.79 Å². The maximum absolute atomic E-state index is 11.6. The van der Waals surface area contributed by atoms with Crippen molar-refractivity contribution < 1.29 is 14.3 Å². The van der Waals surface area contributed by atoms with Crippen molar-refractivity contribution in [3.05, 3.63) is 59.7 Å². The summed E-state index contributed by atoms with van der Waals surface area (Å²) in [5, 5.41) is 0. The Morgan fingerprint density at radius 2 is 1.58 bits per heavy atom. The summed E-state index contributed by atoms with van der Waals surface area (Å²) in [5.41, 5.74) is 4.73. The van der Waals surface area contributed by atoms with Gasteiger partial charge in [0.25, 0.3) is 6.02 Å². The van der Waals surface area contributed by atoms with E-state index >= 15 is 0 Å². The van der Waals surface area contributed by atoms with Gasteiger partial charge in [0.15, 0.2) is 0 Å². The van der Waals surface area contributed by atoms with Gasteiger partial charge in [0.1, 0.15) is 0 Å². The van der Waals surface area contributed by atoms with Crippen molar-refractivity contribution in [1.82, 2.24) is 4.90 Å². The van der Waals surface area contributed by atoms with E-state index in [-0.39, 0.29) is 6.02 Å². The fourth-order valence-electron chi connectivity index (χ4n) is 2.89. The van der Waals surface area contributed by atoms with Crippen LogP contribution in [-0.2, 0) is 22.6 Å². The summed E-state index contributed by atoms with van der Waals surface area (Å²) in [5.74, 6) is 0. The van der Waals surface area contributed by atoms with Gasteiger partial charge in [0.05, 0.1) is 13.7 Å². The van der Waals surface area contributed by atoms with Crippen molar-refractivity contribution in [2.24, 2.45) is 4.99 Å². The number of rotatable bonds is 1. The monoisotopic (exact) mass is 324 g/mol. The second kappa shape index (κ2) is 7.17. The molecule has 5 heteroatoms. The van der Waals surface area contributed by atoms with Gasteiger partial charge in [-0.3, -0.25) is 0 Å². The van der Waals surface area contributed by atoms with E-state index in [9.17, 15) is 4.79 Å². The van der Waals surface area contributed by atoms with E-state index in [0.717, 1.165) is 0 Å². The van der Waals surface area contributed by atoms with E-state index < -0.39 is 6.09 Å². The van der Waals surface area contributed by atoms with Crippen molar-refractivity contribution in [1.29, 1.82) is 0 Å². The lowest BCUT2D eigenvalue weighted by Gasteiger charge is -2.24. The molecule has 2 aromatic carbocycles. The summed E-state index contributed by atoms with van der Waals surface area (Å²) in [4.78, 5) is 17.5. The molecule has 1 aliphatic heterocycles. The zero-order chi connectivity index (χ0) is 16.9. The molecule has 0 radical (unpaired) electrons. The van der Waals surface area contributed by atoms with Crippen molar-refractivity contribution in [2.75, 3.05) is 13.7 Å². The summed E-state index contributed by atoms with van der Waals surface area (Å²) < 4.78 is 10.3. The molecule has 0 fully saturated rings. The van der Waals surface area contributed by atoms with Crippen molar-refractivity contribution in [2.45, 2.75) is 20.0 Å². The Balaban J connectivity index is 2.06. The molecule has 0 N–H and O–H groups in total. The van der Waals surface area contributed by atoms with Crippen LogP contribution in [0.25, 0.3) is 11.1 Å². The van der Waals surface area contributed by atoms with E-state index in [4.69, 9.17) is 4.74 Å². The number of methoxy groups -OCH3 is 1. The van der Waals surface area contributed by atoms with Gasteiger partial charge in [-0.2, -0.15) is 0 Å². The Kier molecular flexibility index (Phi) is 4.79. The maximum Gasteiger partial charge on any atom is 0.437 e. The average Bonchev–Trinajstić information content (AvgIpc) is 2.78. The molecule has 1 aliphatic rings. The van der Waals surface area contributed by atoms with Crippen LogP contribution in [0.3, 0.4) is 0 Å². The average molecular weight is 324 g/mol. The fraction of sp³-hybridized carbons (Fsp3) is 0.263. The highest BCUT2D eigenvalue weighted by molar-refractivity contribution is 5.87. The summed E-state index contributed by atoms with van der Waals surface area (Å²) in [6.07, 6.45) is -0.663. The molecule has 3 rings (SSSR count). The van der Waals surface area contributed by atoms with Gasteiger partial charge < -0.3 is 14.4 Å². The Morgan fingerprint density at radius 1 is 1.04 bits per heavy atom. The molecular formula is C19H20N2O3. The van der Waals surface area contributed by atoms with E-state index in [0.29, 0.717) is 19.7 Å². The molecule has 124 valence electrons. The van der Waals surface area contributed by atoms with Crippen LogP contribution >= 0.6 is 0 Å². The zero-order valence-corrected chi connectivity index (χ0v) is 13.9. The molecule has 1 heterocycles. The van der Waals surface area contributed by atoms with Crippen LogP contribution in [0, 0.1) is 0 Å². The minimum atomic E-state index is -0.663. The first-order valence-corrected chi connectivity index (χ1v) is 7.93. The number of nitrogens with zero attached hydrogens (tertiary/aromatic N) is 2. The first kappa shape index (κ1) is 16.1. The molecule has 0 atom stereocenters. The maximum atomic E-state index is 11.6. The molecule has 0 spiro atoms. The number of fused-ring (bicyclic) bond motifs is 3. The first-order valence-electron chi connectivity index (χ1n) is 7.93. The zero-order valence-electron chi connectivity index (χ0n) is 13.9. The Hall–Kier alpha value is -2.82. The molecule has 24 heavy (non-hydrogen) atoms. The van der Waals surface area contributed by atoms with Crippen LogP contribution in [0.5, 0.6) is 0 Å². The largest absolute Gasteiger partial charge is 0.465 e. The SMILES string of the molecule is CCO/C(=N\C(=O)OC)N1Cc2ccccc2-c2ccccc2C1. The predicted molar refractivity (Wildman–Crippen MR) is 92.6 cm³/mol. The van der Waals surface area contributed by atoms with Crippen molar-refractivity contribution in [3.63, 3.8) is 0 Å². The third-order valence-corrected chi connectivity index (χ3v) is 3.95. The molecule has 0 aliphatic carbocycles. The normalized spacial score (nSPS) is 13.6. The standard InChI is InChI=1S/C19H20N2O3/c1-3-24-18(20-19(22)23-2)21-12-14-8-4-6-10-16(14)17-11-7-5-9-15(17)13-21/h4-11H,3,12-13H2,1-2H3/b20-18-. The van der Waals surface area contributed by atoms with Crippen LogP contribution < -0.4 is 0 Å². The highest BCUT2D eigenvalue weighted by atomic mass is 16.5. The summed E-state index contributed by atoms with van der Waals surface area (Å²) >= 11 is 0. The van der Waals surface area contributed by atoms with Gasteiger partial charge >= 0.3 is 6.09 Å². The molecule has 0 bridgehead atoms. The van der Waals surface area contributed by atoms with Gasteiger partial charge in [-0.15, -0.1) is 4.99 Å². The van der Waals surface area contributed by atoms with Crippen molar-refractivity contribution >= 4 is 12.1 Å². The fourth-order valence-corrected chi connectivity index (χ4v) is 2.89. The lowest BCUT2D eigenvalue weighted by molar-refractivity contribution is 0.177. The predicted octanol–water partition coefficient (Wildman–Crippen LogP) is 3.83. The molecule has 2 aromatic rings. The molecule has 0 saturated heterocycles.